The van der Waals surface area contributed by atoms with E-state index in [1.165, 1.54) is 29.0 Å². The topological polar surface area (TPSA) is 93.2 Å². The summed E-state index contributed by atoms with van der Waals surface area (Å²) in [5, 5.41) is 2.80. The molecule has 0 saturated heterocycles. The third-order valence-electron chi connectivity index (χ3n) is 5.61. The summed E-state index contributed by atoms with van der Waals surface area (Å²) in [5.74, 6) is -0.729. The molecule has 1 amide bonds. The number of amides is 1. The molecule has 1 atom stereocenters. The van der Waals surface area contributed by atoms with E-state index in [4.69, 9.17) is 0 Å². The fraction of sp³-hybridized carbons (Fsp3) is 0.192. The van der Waals surface area contributed by atoms with Crippen LogP contribution in [0.1, 0.15) is 29.9 Å². The van der Waals surface area contributed by atoms with Gasteiger partial charge in [0.2, 0.25) is 5.91 Å². The maximum absolute atomic E-state index is 12.6. The van der Waals surface area contributed by atoms with Gasteiger partial charge in [0.25, 0.3) is 5.56 Å². The Morgan fingerprint density at radius 3 is 2.64 bits per heavy atom. The molecule has 7 nitrogen and oxygen atoms in total. The molecule has 1 aliphatic rings. The molecule has 0 radical (unpaired) electrons. The third kappa shape index (κ3) is 6.21. The average molecular weight is 497 g/mol. The van der Waals surface area contributed by atoms with Gasteiger partial charge in [0.1, 0.15) is 5.75 Å². The molecule has 3 aromatic rings. The summed E-state index contributed by atoms with van der Waals surface area (Å²) in [5.41, 5.74) is 1.91. The van der Waals surface area contributed by atoms with Gasteiger partial charge >= 0.3 is 12.1 Å². The van der Waals surface area contributed by atoms with E-state index in [9.17, 15) is 27.6 Å². The average Bonchev–Trinajstić information content (AvgIpc) is 2.81. The number of carbonyl (C=O) groups is 1. The zero-order valence-corrected chi connectivity index (χ0v) is 19.1. The highest BCUT2D eigenvalue weighted by Gasteiger charge is 2.31. The minimum Gasteiger partial charge on any atom is -0.406 e. The van der Waals surface area contributed by atoms with Crippen LogP contribution in [0.3, 0.4) is 0 Å². The van der Waals surface area contributed by atoms with Gasteiger partial charge in [-0.1, -0.05) is 35.9 Å². The number of anilines is 1. The Morgan fingerprint density at radius 2 is 1.92 bits per heavy atom. The number of aromatic nitrogens is 2. The second kappa shape index (κ2) is 10.1. The number of ether oxygens (including phenoxy) is 1. The number of nitrogens with zero attached hydrogens (tertiary/aromatic N) is 1. The Morgan fingerprint density at radius 1 is 1.17 bits per heavy atom. The Bertz CT molecular complexity index is 1450. The molecule has 1 unspecified atom stereocenters. The second-order valence-electron chi connectivity index (χ2n) is 8.35. The van der Waals surface area contributed by atoms with Gasteiger partial charge in [-0.15, -0.1) is 13.2 Å². The van der Waals surface area contributed by atoms with E-state index < -0.39 is 17.6 Å². The van der Waals surface area contributed by atoms with Crippen LogP contribution in [0.25, 0.3) is 5.69 Å². The maximum atomic E-state index is 12.6. The van der Waals surface area contributed by atoms with Crippen LogP contribution < -0.4 is 21.3 Å². The fourth-order valence-electron chi connectivity index (χ4n) is 3.92. The molecule has 186 valence electrons. The smallest absolute Gasteiger partial charge is 0.406 e. The van der Waals surface area contributed by atoms with Gasteiger partial charge in [0, 0.05) is 29.8 Å². The van der Waals surface area contributed by atoms with Crippen LogP contribution in [0.2, 0.25) is 0 Å². The summed E-state index contributed by atoms with van der Waals surface area (Å²) < 4.78 is 42.9. The molecule has 0 spiro atoms. The van der Waals surface area contributed by atoms with Crippen LogP contribution in [-0.4, -0.2) is 21.8 Å². The maximum Gasteiger partial charge on any atom is 0.573 e. The van der Waals surface area contributed by atoms with Crippen LogP contribution in [0.4, 0.5) is 18.9 Å². The zero-order valence-electron chi connectivity index (χ0n) is 19.1. The molecule has 36 heavy (non-hydrogen) atoms. The number of hydrogen-bond donors (Lipinski definition) is 2. The highest BCUT2D eigenvalue weighted by Crippen LogP contribution is 2.33. The van der Waals surface area contributed by atoms with Crippen molar-refractivity contribution in [2.75, 3.05) is 5.32 Å². The largest absolute Gasteiger partial charge is 0.573 e. The lowest BCUT2D eigenvalue weighted by molar-refractivity contribution is -0.274. The molecule has 10 heteroatoms. The highest BCUT2D eigenvalue weighted by atomic mass is 19.4. The monoisotopic (exact) mass is 497 g/mol. The van der Waals surface area contributed by atoms with Crippen molar-refractivity contribution < 1.29 is 22.7 Å². The molecule has 0 aliphatic heterocycles. The summed E-state index contributed by atoms with van der Waals surface area (Å²) in [4.78, 5) is 38.5. The van der Waals surface area contributed by atoms with Crippen molar-refractivity contribution in [2.24, 2.45) is 0 Å². The van der Waals surface area contributed by atoms with Crippen molar-refractivity contribution in [3.8, 4) is 11.4 Å². The van der Waals surface area contributed by atoms with E-state index >= 15 is 0 Å². The van der Waals surface area contributed by atoms with Gasteiger partial charge < -0.3 is 10.1 Å². The minimum atomic E-state index is -4.77. The number of hydrogen-bond acceptors (Lipinski definition) is 4. The summed E-state index contributed by atoms with van der Waals surface area (Å²) in [6.45, 7) is 1.59. The molecule has 0 bridgehead atoms. The van der Waals surface area contributed by atoms with Crippen molar-refractivity contribution >= 4 is 11.6 Å². The Hall–Kier alpha value is -4.34. The van der Waals surface area contributed by atoms with E-state index in [1.807, 2.05) is 12.2 Å². The number of halogens is 3. The number of nitrogens with one attached hydrogen (secondary N) is 2. The summed E-state index contributed by atoms with van der Waals surface area (Å²) in [7, 11) is 0. The van der Waals surface area contributed by atoms with Gasteiger partial charge in [-0.05, 0) is 55.3 Å². The van der Waals surface area contributed by atoms with Gasteiger partial charge in [-0.25, -0.2) is 4.79 Å². The second-order valence-corrected chi connectivity index (χ2v) is 8.35. The first-order valence-corrected chi connectivity index (χ1v) is 11.0. The number of aryl methyl sites for hydroxylation is 1. The Labute approximate surface area is 203 Å². The predicted molar refractivity (Wildman–Crippen MR) is 128 cm³/mol. The van der Waals surface area contributed by atoms with Crippen molar-refractivity contribution in [1.82, 2.24) is 9.55 Å². The lowest BCUT2D eigenvalue weighted by Gasteiger charge is -2.20. The number of allylic oxidation sites excluding steroid dienone is 3. The highest BCUT2D eigenvalue weighted by molar-refractivity contribution is 5.92. The first kappa shape index (κ1) is 24.8. The fourth-order valence-corrected chi connectivity index (χ4v) is 3.92. The first-order valence-electron chi connectivity index (χ1n) is 11.0. The van der Waals surface area contributed by atoms with Gasteiger partial charge in [0.15, 0.2) is 0 Å². The number of rotatable bonds is 6. The van der Waals surface area contributed by atoms with Crippen LogP contribution in [-0.2, 0) is 4.79 Å². The molecule has 1 aromatic heterocycles. The molecule has 2 N–H and O–H groups in total. The number of H-pyrrole nitrogens is 1. The van der Waals surface area contributed by atoms with E-state index in [-0.39, 0.29) is 24.0 Å². The van der Waals surface area contributed by atoms with E-state index in [2.05, 4.69) is 15.0 Å². The molecule has 0 saturated carbocycles. The lowest BCUT2D eigenvalue weighted by atomic mass is 9.87. The minimum absolute atomic E-state index is 0.111. The first-order chi connectivity index (χ1) is 17.1. The van der Waals surface area contributed by atoms with Crippen molar-refractivity contribution in [3.05, 3.63) is 110 Å². The quantitative estimate of drug-likeness (QED) is 0.515. The van der Waals surface area contributed by atoms with Crippen LogP contribution in [0, 0.1) is 6.92 Å². The summed E-state index contributed by atoms with van der Waals surface area (Å²) in [6, 6.07) is 12.4. The predicted octanol–water partition coefficient (Wildman–Crippen LogP) is 4.73. The zero-order chi connectivity index (χ0) is 25.9. The van der Waals surface area contributed by atoms with Crippen molar-refractivity contribution in [1.29, 1.82) is 0 Å². The van der Waals surface area contributed by atoms with Crippen LogP contribution >= 0.6 is 0 Å². The lowest BCUT2D eigenvalue weighted by Crippen LogP contribution is -2.29. The SMILES string of the molecule is Cc1cn(-c2ccc(NC(=O)CC3=CC=CC(c4cccc(OC(F)(F)F)c4)C3)cc2)c(=O)[nH]c1=O. The Kier molecular flexibility index (Phi) is 6.96. The molecular formula is C26H22F3N3O4. The molecular weight excluding hydrogens is 475 g/mol. The summed E-state index contributed by atoms with van der Waals surface area (Å²) >= 11 is 0. The molecule has 2 aromatic carbocycles. The van der Waals surface area contributed by atoms with Crippen LogP contribution in [0.5, 0.6) is 5.75 Å². The Balaban J connectivity index is 1.38. The van der Waals surface area contributed by atoms with Gasteiger partial charge in [-0.3, -0.25) is 19.1 Å². The van der Waals surface area contributed by atoms with Crippen molar-refractivity contribution in [3.63, 3.8) is 0 Å². The number of carbonyl (C=O) groups excluding carboxylic acids is 1. The molecule has 1 heterocycles. The van der Waals surface area contributed by atoms with Gasteiger partial charge in [-0.2, -0.15) is 0 Å². The number of alkyl halides is 3. The van der Waals surface area contributed by atoms with Crippen molar-refractivity contribution in [2.45, 2.75) is 32.0 Å². The molecule has 0 fully saturated rings. The molecule has 1 aliphatic carbocycles. The van der Waals surface area contributed by atoms with Crippen LogP contribution in [0.15, 0.2) is 88.1 Å². The number of aromatic amines is 1. The van der Waals surface area contributed by atoms with E-state index in [0.717, 1.165) is 5.57 Å². The van der Waals surface area contributed by atoms with Gasteiger partial charge in [0.05, 0.1) is 5.69 Å². The standard InChI is InChI=1S/C26H22F3N3O4/c1-16-15-32(25(35)31-24(16)34)21-10-8-20(9-11-21)30-23(33)13-17-4-2-5-18(12-17)19-6-3-7-22(14-19)36-26(27,28)29/h2-11,14-15,18H,12-13H2,1H3,(H,30,33)(H,31,34,35). The third-order valence-corrected chi connectivity index (χ3v) is 5.61. The normalized spacial score (nSPS) is 15.3. The van der Waals surface area contributed by atoms with E-state index in [1.54, 1.807) is 43.3 Å². The number of benzene rings is 2. The summed E-state index contributed by atoms with van der Waals surface area (Å²) in [6.07, 6.45) is 2.74. The van der Waals surface area contributed by atoms with E-state index in [0.29, 0.717) is 28.9 Å². The molecule has 4 rings (SSSR count).